The molecule has 0 radical (unpaired) electrons. The molecule has 0 heterocycles. The van der Waals surface area contributed by atoms with Crippen LogP contribution >= 0.6 is 0 Å². The Kier molecular flexibility index (Phi) is 22.8. The Hall–Kier alpha value is -3.11. The Morgan fingerprint density at radius 3 is 1.89 bits per heavy atom. The van der Waals surface area contributed by atoms with Crippen molar-refractivity contribution in [2.75, 3.05) is 0 Å². The highest BCUT2D eigenvalue weighted by Gasteiger charge is 2.45. The van der Waals surface area contributed by atoms with E-state index in [9.17, 15) is 18.7 Å². The van der Waals surface area contributed by atoms with E-state index in [0.29, 0.717) is 0 Å². The lowest BCUT2D eigenvalue weighted by molar-refractivity contribution is -0.111. The molecule has 1 fully saturated rings. The van der Waals surface area contributed by atoms with E-state index < -0.39 is 11.5 Å². The third-order valence-corrected chi connectivity index (χ3v) is 7.66. The maximum Gasteiger partial charge on any atom is 0.248 e. The van der Waals surface area contributed by atoms with Gasteiger partial charge < -0.3 is 5.11 Å². The standard InChI is InChI=1S/C20H28F2O.C12H10O.C3H8.2C2H6.C2H4/c1-5-16(6-2)18-13-17(8-7-14(18)3)15(4)19(23)9-11-20(21,22)12-10-19;1-9(13)11-8-4-6-10-5-2-3-7-12(10)11;1-3-2;3*1-2/h5,7-8,13,15,23H,6,9-12H2,1-4H3;2-8H,1H3;3H2,1-2H3;2*1-2H3;1-2H2/b16-5+;;;;;. The minimum Gasteiger partial charge on any atom is -0.389 e. The molecule has 1 saturated carbocycles. The molecule has 4 heteroatoms. The van der Waals surface area contributed by atoms with Crippen LogP contribution in [0.3, 0.4) is 0 Å². The number of halogens is 2. The van der Waals surface area contributed by atoms with Crippen LogP contribution in [-0.2, 0) is 0 Å². The van der Waals surface area contributed by atoms with Crippen LogP contribution in [-0.4, -0.2) is 22.4 Å². The third kappa shape index (κ3) is 13.8. The van der Waals surface area contributed by atoms with Crippen LogP contribution in [0.15, 0.2) is 79.9 Å². The number of benzene rings is 3. The molecule has 4 rings (SSSR count). The number of fused-ring (bicyclic) bond motifs is 1. The van der Waals surface area contributed by atoms with Gasteiger partial charge in [-0.15, -0.1) is 13.2 Å². The number of Topliss-reactive ketones (excluding diaryl/α,β-unsaturated/α-hetero) is 1. The van der Waals surface area contributed by atoms with Crippen LogP contribution in [0.1, 0.15) is 141 Å². The largest absolute Gasteiger partial charge is 0.389 e. The molecule has 1 atom stereocenters. The van der Waals surface area contributed by atoms with E-state index in [4.69, 9.17) is 0 Å². The van der Waals surface area contributed by atoms with E-state index in [1.54, 1.807) is 6.92 Å². The fourth-order valence-corrected chi connectivity index (χ4v) is 5.13. The number of alkyl halides is 2. The van der Waals surface area contributed by atoms with Crippen LogP contribution in [0.4, 0.5) is 8.78 Å². The number of allylic oxidation sites excluding steroid dienone is 2. The number of aliphatic hydroxyl groups is 1. The van der Waals surface area contributed by atoms with Gasteiger partial charge in [0.15, 0.2) is 5.78 Å². The van der Waals surface area contributed by atoms with Gasteiger partial charge in [0.25, 0.3) is 0 Å². The fourth-order valence-electron chi connectivity index (χ4n) is 5.13. The van der Waals surface area contributed by atoms with Gasteiger partial charge in [-0.3, -0.25) is 4.79 Å². The van der Waals surface area contributed by atoms with E-state index in [-0.39, 0.29) is 37.4 Å². The number of aryl methyl sites for hydroxylation is 1. The molecule has 3 aromatic carbocycles. The van der Waals surface area contributed by atoms with Gasteiger partial charge in [-0.2, -0.15) is 0 Å². The number of ketones is 1. The first-order valence-corrected chi connectivity index (χ1v) is 16.8. The molecule has 0 spiro atoms. The second kappa shape index (κ2) is 23.3. The SMILES string of the molecule is C/C=C(\CC)c1cc(C(C)C2(O)CCC(F)(F)CC2)ccc1C.C=C.CC.CC.CC(=O)c1cccc2ccccc12.CCC. The van der Waals surface area contributed by atoms with Crippen molar-refractivity contribution in [1.82, 2.24) is 0 Å². The fraction of sp³-hybridized carbons (Fsp3) is 0.488. The van der Waals surface area contributed by atoms with Crippen molar-refractivity contribution < 1.29 is 18.7 Å². The summed E-state index contributed by atoms with van der Waals surface area (Å²) in [7, 11) is 0. The highest BCUT2D eigenvalue weighted by Crippen LogP contribution is 2.45. The van der Waals surface area contributed by atoms with E-state index in [1.165, 1.54) is 23.1 Å². The first kappa shape index (κ1) is 44.0. The van der Waals surface area contributed by atoms with Crippen molar-refractivity contribution in [2.24, 2.45) is 0 Å². The molecular weight excluding hydrogens is 562 g/mol. The van der Waals surface area contributed by atoms with Gasteiger partial charge in [-0.25, -0.2) is 8.78 Å². The lowest BCUT2D eigenvalue weighted by Crippen LogP contribution is -2.42. The van der Waals surface area contributed by atoms with Crippen LogP contribution in [0.2, 0.25) is 0 Å². The van der Waals surface area contributed by atoms with Crippen LogP contribution in [0.5, 0.6) is 0 Å². The summed E-state index contributed by atoms with van der Waals surface area (Å²) in [6, 6.07) is 19.9. The second-order valence-corrected chi connectivity index (χ2v) is 10.7. The predicted molar refractivity (Wildman–Crippen MR) is 196 cm³/mol. The number of hydrogen-bond acceptors (Lipinski definition) is 2. The number of carbonyl (C=O) groups is 1. The summed E-state index contributed by atoms with van der Waals surface area (Å²) in [5, 5.41) is 13.1. The molecule has 0 aliphatic heterocycles. The molecule has 0 amide bonds. The molecule has 1 aliphatic rings. The van der Waals surface area contributed by atoms with Crippen molar-refractivity contribution in [3.05, 3.63) is 102 Å². The molecule has 3 aromatic rings. The molecule has 2 nitrogen and oxygen atoms in total. The van der Waals surface area contributed by atoms with Crippen molar-refractivity contribution in [1.29, 1.82) is 0 Å². The first-order chi connectivity index (χ1) is 21.4. The maximum absolute atomic E-state index is 13.4. The van der Waals surface area contributed by atoms with Crippen molar-refractivity contribution >= 4 is 22.1 Å². The van der Waals surface area contributed by atoms with Gasteiger partial charge in [-0.1, -0.05) is 129 Å². The molecule has 0 bridgehead atoms. The second-order valence-electron chi connectivity index (χ2n) is 10.7. The molecule has 1 aliphatic carbocycles. The van der Waals surface area contributed by atoms with E-state index >= 15 is 0 Å². The van der Waals surface area contributed by atoms with Gasteiger partial charge in [0.1, 0.15) is 0 Å². The zero-order valence-corrected chi connectivity index (χ0v) is 30.2. The summed E-state index contributed by atoms with van der Waals surface area (Å²) in [5.74, 6) is -2.64. The van der Waals surface area contributed by atoms with Crippen molar-refractivity contribution in [2.45, 2.75) is 132 Å². The molecule has 0 aromatic heterocycles. The zero-order valence-electron chi connectivity index (χ0n) is 30.2. The summed E-state index contributed by atoms with van der Waals surface area (Å²) >= 11 is 0. The molecule has 45 heavy (non-hydrogen) atoms. The Morgan fingerprint density at radius 1 is 0.889 bits per heavy atom. The molecular formula is C41H62F2O2. The van der Waals surface area contributed by atoms with E-state index in [0.717, 1.165) is 28.3 Å². The highest BCUT2D eigenvalue weighted by molar-refractivity contribution is 6.06. The summed E-state index contributed by atoms with van der Waals surface area (Å²) in [6.07, 6.45) is 4.20. The average molecular weight is 625 g/mol. The smallest absolute Gasteiger partial charge is 0.248 e. The summed E-state index contributed by atoms with van der Waals surface area (Å²) in [6.45, 7) is 28.0. The van der Waals surface area contributed by atoms with Gasteiger partial charge >= 0.3 is 0 Å². The predicted octanol–water partition coefficient (Wildman–Crippen LogP) is 13.2. The number of rotatable bonds is 5. The molecule has 1 N–H and O–H groups in total. The average Bonchev–Trinajstić information content (AvgIpc) is 3.07. The Balaban J connectivity index is 0. The maximum atomic E-state index is 13.4. The number of carbonyl (C=O) groups excluding carboxylic acids is 1. The van der Waals surface area contributed by atoms with Crippen LogP contribution in [0, 0.1) is 6.92 Å². The van der Waals surface area contributed by atoms with E-state index in [2.05, 4.69) is 59.1 Å². The topological polar surface area (TPSA) is 37.3 Å². The van der Waals surface area contributed by atoms with Crippen LogP contribution < -0.4 is 0 Å². The van der Waals surface area contributed by atoms with E-state index in [1.807, 2.05) is 90.1 Å². The molecule has 252 valence electrons. The van der Waals surface area contributed by atoms with Crippen molar-refractivity contribution in [3.63, 3.8) is 0 Å². The third-order valence-electron chi connectivity index (χ3n) is 7.66. The minimum absolute atomic E-state index is 0.122. The Morgan fingerprint density at radius 2 is 1.40 bits per heavy atom. The van der Waals surface area contributed by atoms with Crippen molar-refractivity contribution in [3.8, 4) is 0 Å². The lowest BCUT2D eigenvalue weighted by atomic mass is 9.72. The Bertz CT molecular complexity index is 1260. The van der Waals surface area contributed by atoms with Gasteiger partial charge in [0, 0.05) is 24.3 Å². The monoisotopic (exact) mass is 624 g/mol. The zero-order chi connectivity index (χ0) is 35.2. The summed E-state index contributed by atoms with van der Waals surface area (Å²) < 4.78 is 26.8. The summed E-state index contributed by atoms with van der Waals surface area (Å²) in [5.41, 5.74) is 4.49. The lowest BCUT2D eigenvalue weighted by Gasteiger charge is -2.40. The highest BCUT2D eigenvalue weighted by atomic mass is 19.3. The quantitative estimate of drug-likeness (QED) is 0.226. The minimum atomic E-state index is -2.62. The number of hydrogen-bond donors (Lipinski definition) is 1. The summed E-state index contributed by atoms with van der Waals surface area (Å²) in [4.78, 5) is 11.3. The van der Waals surface area contributed by atoms with Gasteiger partial charge in [0.05, 0.1) is 5.60 Å². The van der Waals surface area contributed by atoms with Gasteiger partial charge in [0.2, 0.25) is 5.92 Å². The normalized spacial score (nSPS) is 14.9. The first-order valence-electron chi connectivity index (χ1n) is 16.8. The van der Waals surface area contributed by atoms with Crippen LogP contribution in [0.25, 0.3) is 16.3 Å². The van der Waals surface area contributed by atoms with Gasteiger partial charge in [-0.05, 0) is 73.1 Å². The molecule has 1 unspecified atom stereocenters. The Labute approximate surface area is 274 Å². The molecule has 0 saturated heterocycles.